The summed E-state index contributed by atoms with van der Waals surface area (Å²) in [6.07, 6.45) is 6.13. The number of carboxylic acids is 1. The summed E-state index contributed by atoms with van der Waals surface area (Å²) in [6.45, 7) is 6.29. The van der Waals surface area contributed by atoms with Gasteiger partial charge in [-0.15, -0.1) is 0 Å². The molecule has 1 fully saturated rings. The van der Waals surface area contributed by atoms with Crippen LogP contribution in [-0.2, 0) is 4.79 Å². The molecule has 1 aliphatic carbocycles. The number of carboxylic acid groups (broad SMARTS) is 1. The molecule has 1 aliphatic rings. The maximum Gasteiger partial charge on any atom is 0.314 e. The predicted molar refractivity (Wildman–Crippen MR) is 78.6 cm³/mol. The van der Waals surface area contributed by atoms with Crippen molar-refractivity contribution in [2.24, 2.45) is 17.3 Å². The molecule has 0 heterocycles. The average Bonchev–Trinajstić information content (AvgIpc) is 2.39. The third kappa shape index (κ3) is 5.80. The second-order valence-electron chi connectivity index (χ2n) is 6.71. The summed E-state index contributed by atoms with van der Waals surface area (Å²) < 4.78 is 0. The first-order valence-electron chi connectivity index (χ1n) is 7.56. The summed E-state index contributed by atoms with van der Waals surface area (Å²) in [5.41, 5.74) is -0.934. The average molecular weight is 284 g/mol. The van der Waals surface area contributed by atoms with Gasteiger partial charge in [0.15, 0.2) is 0 Å². The minimum Gasteiger partial charge on any atom is -0.481 e. The van der Waals surface area contributed by atoms with Crippen molar-refractivity contribution < 1.29 is 14.7 Å². The molecule has 5 nitrogen and oxygen atoms in total. The van der Waals surface area contributed by atoms with Gasteiger partial charge < -0.3 is 15.7 Å². The summed E-state index contributed by atoms with van der Waals surface area (Å²) in [6, 6.07) is -0.275. The van der Waals surface area contributed by atoms with Gasteiger partial charge >= 0.3 is 12.0 Å². The highest BCUT2D eigenvalue weighted by molar-refractivity contribution is 5.77. The fraction of sp³-hybridized carbons (Fsp3) is 0.867. The first-order chi connectivity index (χ1) is 9.31. The fourth-order valence-electron chi connectivity index (χ4n) is 2.45. The molecular weight excluding hydrogens is 256 g/mol. The molecule has 2 amide bonds. The highest BCUT2D eigenvalue weighted by Crippen LogP contribution is 2.29. The molecule has 1 rings (SSSR count). The monoisotopic (exact) mass is 284 g/mol. The first kappa shape index (κ1) is 16.8. The number of hydrogen-bond donors (Lipinski definition) is 3. The van der Waals surface area contributed by atoms with Gasteiger partial charge in [-0.05, 0) is 32.1 Å². The van der Waals surface area contributed by atoms with E-state index in [1.807, 2.05) is 0 Å². The zero-order valence-corrected chi connectivity index (χ0v) is 12.9. The quantitative estimate of drug-likeness (QED) is 0.701. The molecule has 0 aromatic carbocycles. The zero-order chi connectivity index (χ0) is 15.2. The van der Waals surface area contributed by atoms with Gasteiger partial charge in [-0.1, -0.05) is 32.6 Å². The van der Waals surface area contributed by atoms with Crippen molar-refractivity contribution in [1.29, 1.82) is 0 Å². The Morgan fingerprint density at radius 3 is 2.30 bits per heavy atom. The van der Waals surface area contributed by atoms with Crippen LogP contribution in [0.1, 0.15) is 52.9 Å². The summed E-state index contributed by atoms with van der Waals surface area (Å²) in [5.74, 6) is 0.664. The van der Waals surface area contributed by atoms with Crippen LogP contribution < -0.4 is 10.6 Å². The topological polar surface area (TPSA) is 78.4 Å². The standard InChI is InChI=1S/C15H28N2O3/c1-11-4-6-12(7-5-11)8-9-16-14(20)17-10-15(2,3)13(18)19/h11-12H,4-10H2,1-3H3,(H,18,19)(H2,16,17,20). The second kappa shape index (κ2) is 7.50. The van der Waals surface area contributed by atoms with Crippen molar-refractivity contribution in [3.63, 3.8) is 0 Å². The largest absolute Gasteiger partial charge is 0.481 e. The van der Waals surface area contributed by atoms with Crippen LogP contribution >= 0.6 is 0 Å². The van der Waals surface area contributed by atoms with E-state index in [4.69, 9.17) is 5.11 Å². The third-order valence-corrected chi connectivity index (χ3v) is 4.24. The fourth-order valence-corrected chi connectivity index (χ4v) is 2.45. The number of aliphatic carboxylic acids is 1. The van der Waals surface area contributed by atoms with E-state index < -0.39 is 11.4 Å². The van der Waals surface area contributed by atoms with Gasteiger partial charge in [0.25, 0.3) is 0 Å². The second-order valence-corrected chi connectivity index (χ2v) is 6.71. The molecular formula is C15H28N2O3. The lowest BCUT2D eigenvalue weighted by Gasteiger charge is -2.26. The number of urea groups is 1. The molecule has 0 radical (unpaired) electrons. The maximum atomic E-state index is 11.6. The van der Waals surface area contributed by atoms with Gasteiger partial charge in [0.05, 0.1) is 5.41 Å². The van der Waals surface area contributed by atoms with Crippen molar-refractivity contribution in [3.8, 4) is 0 Å². The molecule has 0 atom stereocenters. The van der Waals surface area contributed by atoms with Crippen LogP contribution in [0.4, 0.5) is 4.79 Å². The third-order valence-electron chi connectivity index (χ3n) is 4.24. The van der Waals surface area contributed by atoms with E-state index >= 15 is 0 Å². The highest BCUT2D eigenvalue weighted by Gasteiger charge is 2.27. The van der Waals surface area contributed by atoms with E-state index in [-0.39, 0.29) is 12.6 Å². The Kier molecular flexibility index (Phi) is 6.30. The van der Waals surface area contributed by atoms with E-state index in [2.05, 4.69) is 17.6 Å². The smallest absolute Gasteiger partial charge is 0.314 e. The minimum atomic E-state index is -0.934. The summed E-state index contributed by atoms with van der Waals surface area (Å²) in [5, 5.41) is 14.4. The molecule has 116 valence electrons. The number of carbonyl (C=O) groups excluding carboxylic acids is 1. The van der Waals surface area contributed by atoms with Crippen LogP contribution in [0.2, 0.25) is 0 Å². The number of rotatable bonds is 6. The summed E-state index contributed by atoms with van der Waals surface area (Å²) in [4.78, 5) is 22.5. The lowest BCUT2D eigenvalue weighted by atomic mass is 9.81. The molecule has 0 unspecified atom stereocenters. The Morgan fingerprint density at radius 1 is 1.15 bits per heavy atom. The maximum absolute atomic E-state index is 11.6. The number of hydrogen-bond acceptors (Lipinski definition) is 2. The first-order valence-corrected chi connectivity index (χ1v) is 7.56. The van der Waals surface area contributed by atoms with Crippen molar-refractivity contribution in [2.75, 3.05) is 13.1 Å². The molecule has 20 heavy (non-hydrogen) atoms. The van der Waals surface area contributed by atoms with E-state index in [0.29, 0.717) is 6.54 Å². The summed E-state index contributed by atoms with van der Waals surface area (Å²) >= 11 is 0. The summed E-state index contributed by atoms with van der Waals surface area (Å²) in [7, 11) is 0. The van der Waals surface area contributed by atoms with Crippen LogP contribution in [0, 0.1) is 17.3 Å². The highest BCUT2D eigenvalue weighted by atomic mass is 16.4. The molecule has 0 aliphatic heterocycles. The Balaban J connectivity index is 2.13. The number of nitrogens with one attached hydrogen (secondary N) is 2. The molecule has 0 spiro atoms. The van der Waals surface area contributed by atoms with Gasteiger partial charge in [-0.3, -0.25) is 4.79 Å². The molecule has 0 aromatic rings. The van der Waals surface area contributed by atoms with Gasteiger partial charge in [0, 0.05) is 13.1 Å². The van der Waals surface area contributed by atoms with Crippen molar-refractivity contribution in [3.05, 3.63) is 0 Å². The molecule has 1 saturated carbocycles. The SMILES string of the molecule is CC1CCC(CCNC(=O)NCC(C)(C)C(=O)O)CC1. The number of carbonyl (C=O) groups is 2. The van der Waals surface area contributed by atoms with Gasteiger partial charge in [0.1, 0.15) is 0 Å². The molecule has 3 N–H and O–H groups in total. The Labute approximate surface area is 121 Å². The van der Waals surface area contributed by atoms with E-state index in [1.54, 1.807) is 13.8 Å². The van der Waals surface area contributed by atoms with E-state index in [0.717, 1.165) is 18.3 Å². The Hall–Kier alpha value is -1.26. The van der Waals surface area contributed by atoms with Gasteiger partial charge in [-0.2, -0.15) is 0 Å². The van der Waals surface area contributed by atoms with Gasteiger partial charge in [-0.25, -0.2) is 4.79 Å². The van der Waals surface area contributed by atoms with E-state index in [9.17, 15) is 9.59 Å². The predicted octanol–water partition coefficient (Wildman–Crippen LogP) is 2.61. The van der Waals surface area contributed by atoms with Crippen molar-refractivity contribution in [2.45, 2.75) is 52.9 Å². The van der Waals surface area contributed by atoms with Crippen LogP contribution in [-0.4, -0.2) is 30.2 Å². The Morgan fingerprint density at radius 2 is 1.75 bits per heavy atom. The minimum absolute atomic E-state index is 0.134. The normalized spacial score (nSPS) is 23.1. The van der Waals surface area contributed by atoms with E-state index in [1.165, 1.54) is 25.7 Å². The lowest BCUT2D eigenvalue weighted by Crippen LogP contribution is -2.43. The molecule has 5 heteroatoms. The van der Waals surface area contributed by atoms with Crippen LogP contribution in [0.5, 0.6) is 0 Å². The Bertz CT molecular complexity index is 334. The van der Waals surface area contributed by atoms with Crippen molar-refractivity contribution in [1.82, 2.24) is 10.6 Å². The van der Waals surface area contributed by atoms with Crippen LogP contribution in [0.25, 0.3) is 0 Å². The van der Waals surface area contributed by atoms with Crippen LogP contribution in [0.3, 0.4) is 0 Å². The molecule has 0 saturated heterocycles. The zero-order valence-electron chi connectivity index (χ0n) is 12.9. The lowest BCUT2D eigenvalue weighted by molar-refractivity contribution is -0.146. The van der Waals surface area contributed by atoms with Crippen molar-refractivity contribution >= 4 is 12.0 Å². The molecule has 0 bridgehead atoms. The molecule has 0 aromatic heterocycles. The van der Waals surface area contributed by atoms with Gasteiger partial charge in [0.2, 0.25) is 0 Å². The van der Waals surface area contributed by atoms with Crippen LogP contribution in [0.15, 0.2) is 0 Å². The number of amides is 2.